The first-order chi connectivity index (χ1) is 18.6. The summed E-state index contributed by atoms with van der Waals surface area (Å²) in [5, 5.41) is 13.3. The second kappa shape index (κ2) is 12.7. The minimum absolute atomic E-state index is 0.0548. The molecule has 0 bridgehead atoms. The number of rotatable bonds is 10. The van der Waals surface area contributed by atoms with Crippen molar-refractivity contribution in [3.8, 4) is 5.75 Å². The molecule has 0 aliphatic carbocycles. The van der Waals surface area contributed by atoms with Crippen molar-refractivity contribution in [1.29, 1.82) is 0 Å². The summed E-state index contributed by atoms with van der Waals surface area (Å²) in [4.78, 5) is 26.0. The summed E-state index contributed by atoms with van der Waals surface area (Å²) in [5.41, 5.74) is 1.96. The first-order valence-corrected chi connectivity index (χ1v) is 15.1. The Labute approximate surface area is 238 Å². The summed E-state index contributed by atoms with van der Waals surface area (Å²) in [7, 11) is -3.36. The Morgan fingerprint density at radius 3 is 2.38 bits per heavy atom. The first-order valence-electron chi connectivity index (χ1n) is 12.8. The Hall–Kier alpha value is -2.68. The van der Waals surface area contributed by atoms with Gasteiger partial charge in [-0.15, -0.1) is 0 Å². The van der Waals surface area contributed by atoms with E-state index in [1.54, 1.807) is 18.2 Å². The zero-order valence-electron chi connectivity index (χ0n) is 22.0. The number of aromatic nitrogens is 2. The molecule has 9 nitrogen and oxygen atoms in total. The zero-order chi connectivity index (χ0) is 28.2. The molecular weight excluding hydrogens is 560 g/mol. The number of halogens is 2. The molecule has 1 aliphatic rings. The molecule has 1 aliphatic heterocycles. The van der Waals surface area contributed by atoms with Crippen LogP contribution in [0.2, 0.25) is 10.0 Å². The minimum Gasteiger partial charge on any atom is -0.422 e. The van der Waals surface area contributed by atoms with Crippen molar-refractivity contribution in [3.63, 3.8) is 0 Å². The van der Waals surface area contributed by atoms with E-state index in [0.29, 0.717) is 37.2 Å². The number of nitrogens with one attached hydrogen (secondary N) is 3. The predicted molar refractivity (Wildman–Crippen MR) is 153 cm³/mol. The number of carbonyl (C=O) groups excluding carboxylic acids is 2. The van der Waals surface area contributed by atoms with Crippen LogP contribution in [0.1, 0.15) is 58.7 Å². The van der Waals surface area contributed by atoms with Gasteiger partial charge in [0.05, 0.1) is 21.8 Å². The highest BCUT2D eigenvalue weighted by Crippen LogP contribution is 2.48. The van der Waals surface area contributed by atoms with E-state index in [0.717, 1.165) is 5.56 Å². The van der Waals surface area contributed by atoms with E-state index in [1.165, 1.54) is 6.20 Å². The van der Waals surface area contributed by atoms with Gasteiger partial charge in [-0.3, -0.25) is 14.7 Å². The summed E-state index contributed by atoms with van der Waals surface area (Å²) < 4.78 is 21.7. The third-order valence-electron chi connectivity index (χ3n) is 6.39. The number of amides is 1. The lowest BCUT2D eigenvalue weighted by Gasteiger charge is -2.37. The second-order valence-electron chi connectivity index (χ2n) is 9.88. The van der Waals surface area contributed by atoms with Crippen molar-refractivity contribution in [2.75, 3.05) is 13.1 Å². The van der Waals surface area contributed by atoms with Gasteiger partial charge >= 0.3 is 7.67 Å². The van der Waals surface area contributed by atoms with Gasteiger partial charge in [0.25, 0.3) is 5.91 Å². The normalized spacial score (nSPS) is 16.2. The topological polar surface area (TPSA) is 116 Å². The zero-order valence-corrected chi connectivity index (χ0v) is 24.4. The molecule has 1 fully saturated rings. The summed E-state index contributed by atoms with van der Waals surface area (Å²) >= 11 is 12.3. The standard InChI is InChI=1S/C27H32Cl2N5O4P/c1-17(2)33-39(37,38-21-9-7-18(3)8-10-21)34-13-11-20(12-14-34)31-27(36)26-19(16-30-32-26)15-24(35)25-22(28)5-4-6-23(25)29/h4-10,16-17,20H,11-15H2,1-3H3,(H,30,32)(H,31,36)(H,33,37). The van der Waals surface area contributed by atoms with E-state index >= 15 is 0 Å². The molecule has 39 heavy (non-hydrogen) atoms. The van der Waals surface area contributed by atoms with Crippen molar-refractivity contribution >= 4 is 42.6 Å². The molecule has 12 heteroatoms. The van der Waals surface area contributed by atoms with E-state index < -0.39 is 7.67 Å². The maximum absolute atomic E-state index is 13.9. The Kier molecular flexibility index (Phi) is 9.51. The lowest BCUT2D eigenvalue weighted by Crippen LogP contribution is -2.46. The van der Waals surface area contributed by atoms with Crippen molar-refractivity contribution in [3.05, 3.63) is 81.1 Å². The van der Waals surface area contributed by atoms with Crippen molar-refractivity contribution in [2.45, 2.75) is 52.1 Å². The fourth-order valence-corrected chi connectivity index (χ4v) is 7.19. The first kappa shape index (κ1) is 29.3. The Balaban J connectivity index is 1.38. The molecule has 3 N–H and O–H groups in total. The number of aryl methyl sites for hydroxylation is 1. The molecule has 208 valence electrons. The fraction of sp³-hybridized carbons (Fsp3) is 0.370. The Morgan fingerprint density at radius 1 is 1.13 bits per heavy atom. The maximum Gasteiger partial charge on any atom is 0.393 e. The van der Waals surface area contributed by atoms with Gasteiger partial charge in [0.2, 0.25) is 0 Å². The number of carbonyl (C=O) groups is 2. The smallest absolute Gasteiger partial charge is 0.393 e. The maximum atomic E-state index is 13.9. The molecule has 1 amide bonds. The summed E-state index contributed by atoms with van der Waals surface area (Å²) in [6, 6.07) is 12.1. The Morgan fingerprint density at radius 2 is 1.77 bits per heavy atom. The van der Waals surface area contributed by atoms with Crippen LogP contribution in [0.4, 0.5) is 0 Å². The fourth-order valence-electron chi connectivity index (χ4n) is 4.43. The summed E-state index contributed by atoms with van der Waals surface area (Å²) in [5.74, 6) is -0.137. The van der Waals surface area contributed by atoms with Crippen LogP contribution < -0.4 is 14.9 Å². The van der Waals surface area contributed by atoms with Crippen LogP contribution in [0.5, 0.6) is 5.75 Å². The van der Waals surface area contributed by atoms with E-state index in [1.807, 2.05) is 49.7 Å². The number of hydrogen-bond acceptors (Lipinski definition) is 5. The van der Waals surface area contributed by atoms with Crippen LogP contribution in [-0.2, 0) is 11.0 Å². The number of piperidine rings is 1. The van der Waals surface area contributed by atoms with Crippen molar-refractivity contribution in [1.82, 2.24) is 25.3 Å². The lowest BCUT2D eigenvalue weighted by molar-refractivity contribution is 0.0916. The highest BCUT2D eigenvalue weighted by Gasteiger charge is 2.37. The van der Waals surface area contributed by atoms with Gasteiger partial charge in [0, 0.05) is 37.2 Å². The van der Waals surface area contributed by atoms with E-state index in [9.17, 15) is 14.2 Å². The van der Waals surface area contributed by atoms with Crippen molar-refractivity contribution < 1.29 is 18.7 Å². The van der Waals surface area contributed by atoms with Crippen LogP contribution in [0, 0.1) is 6.92 Å². The van der Waals surface area contributed by atoms with E-state index in [4.69, 9.17) is 27.7 Å². The highest BCUT2D eigenvalue weighted by atomic mass is 35.5. The van der Waals surface area contributed by atoms with Gasteiger partial charge in [-0.25, -0.2) is 14.3 Å². The number of aromatic amines is 1. The molecular formula is C27H32Cl2N5O4P. The van der Waals surface area contributed by atoms with Gasteiger partial charge in [-0.05, 0) is 57.9 Å². The number of Topliss-reactive ketones (excluding diaryl/α,β-unsaturated/α-hetero) is 1. The van der Waals surface area contributed by atoms with E-state index in [-0.39, 0.29) is 51.5 Å². The van der Waals surface area contributed by atoms with Crippen molar-refractivity contribution in [2.24, 2.45) is 0 Å². The molecule has 0 spiro atoms. The number of nitrogens with zero attached hydrogens (tertiary/aromatic N) is 2. The van der Waals surface area contributed by atoms with Gasteiger partial charge < -0.3 is 9.84 Å². The van der Waals surface area contributed by atoms with Crippen LogP contribution in [0.3, 0.4) is 0 Å². The largest absolute Gasteiger partial charge is 0.422 e. The molecule has 1 aromatic heterocycles. The molecule has 4 rings (SSSR count). The minimum atomic E-state index is -3.36. The quantitative estimate of drug-likeness (QED) is 0.200. The molecule has 1 unspecified atom stereocenters. The van der Waals surface area contributed by atoms with Crippen LogP contribution in [0.25, 0.3) is 0 Å². The number of H-pyrrole nitrogens is 1. The average Bonchev–Trinajstić information content (AvgIpc) is 3.33. The second-order valence-corrected chi connectivity index (χ2v) is 12.7. The number of hydrogen-bond donors (Lipinski definition) is 3. The summed E-state index contributed by atoms with van der Waals surface area (Å²) in [6.45, 7) is 6.75. The molecule has 0 saturated carbocycles. The summed E-state index contributed by atoms with van der Waals surface area (Å²) in [6.07, 6.45) is 2.52. The number of ketones is 1. The molecule has 1 atom stereocenters. The van der Waals surface area contributed by atoms with Crippen LogP contribution in [-0.4, -0.2) is 51.7 Å². The van der Waals surface area contributed by atoms with Crippen LogP contribution >= 0.6 is 30.9 Å². The Bertz CT molecular complexity index is 1350. The molecule has 3 aromatic rings. The molecule has 2 heterocycles. The monoisotopic (exact) mass is 591 g/mol. The van der Waals surface area contributed by atoms with Gasteiger partial charge in [0.15, 0.2) is 5.78 Å². The van der Waals surface area contributed by atoms with Crippen LogP contribution in [0.15, 0.2) is 48.7 Å². The van der Waals surface area contributed by atoms with Gasteiger partial charge in [-0.1, -0.05) is 47.0 Å². The SMILES string of the molecule is Cc1ccc(OP(=O)(NC(C)C)N2CCC(NC(=O)c3[nH]ncc3CC(=O)c3c(Cl)cccc3Cl)CC2)cc1. The molecule has 0 radical (unpaired) electrons. The molecule has 2 aromatic carbocycles. The number of benzene rings is 2. The lowest BCUT2D eigenvalue weighted by atomic mass is 10.0. The predicted octanol–water partition coefficient (Wildman–Crippen LogP) is 5.83. The van der Waals surface area contributed by atoms with Gasteiger partial charge in [0.1, 0.15) is 11.4 Å². The molecule has 1 saturated heterocycles. The average molecular weight is 592 g/mol. The third kappa shape index (κ3) is 7.29. The van der Waals surface area contributed by atoms with E-state index in [2.05, 4.69) is 20.6 Å². The third-order valence-corrected chi connectivity index (χ3v) is 9.46. The van der Waals surface area contributed by atoms with Gasteiger partial charge in [-0.2, -0.15) is 5.10 Å². The highest BCUT2D eigenvalue weighted by molar-refractivity contribution is 7.54.